The number of carbonyl (C=O) groups is 4. The number of hydrogen-bond acceptors (Lipinski definition) is 7. The van der Waals surface area contributed by atoms with Crippen LogP contribution in [0, 0.1) is 5.41 Å². The zero-order valence-corrected chi connectivity index (χ0v) is 31.0. The monoisotopic (exact) mass is 729 g/mol. The van der Waals surface area contributed by atoms with E-state index in [1.807, 2.05) is 56.4 Å². The summed E-state index contributed by atoms with van der Waals surface area (Å²) in [5, 5.41) is 15.7. The molecule has 0 saturated carbocycles. The minimum Gasteiger partial charge on any atom is -0.478 e. The molecular formula is C33H48N6O7Y. The van der Waals surface area contributed by atoms with Gasteiger partial charge in [0.2, 0.25) is 5.96 Å². The summed E-state index contributed by atoms with van der Waals surface area (Å²) < 4.78 is 9.98. The molecule has 0 aromatic heterocycles. The fourth-order valence-electron chi connectivity index (χ4n) is 3.19. The van der Waals surface area contributed by atoms with Gasteiger partial charge < -0.3 is 34.2 Å². The SMILES string of the molecule is C.CC(=O)Oc1ccccc1/C=C/C(=O)N=C(N(C)C)N(C)C.CC(=O)Oc1ccccc1/C=C/C(=O)O.CN(C)C(=N)N(C)C.[Y]. The van der Waals surface area contributed by atoms with Crippen LogP contribution in [0.15, 0.2) is 65.7 Å². The fourth-order valence-corrected chi connectivity index (χ4v) is 3.19. The van der Waals surface area contributed by atoms with Gasteiger partial charge in [-0.3, -0.25) is 19.8 Å². The number of carboxylic acid groups (broad SMARTS) is 1. The number of para-hydroxylation sites is 2. The van der Waals surface area contributed by atoms with Crippen molar-refractivity contribution in [3.63, 3.8) is 0 Å². The Hall–Kier alpha value is -4.36. The smallest absolute Gasteiger partial charge is 0.328 e. The molecular weight excluding hydrogens is 681 g/mol. The van der Waals surface area contributed by atoms with E-state index in [1.165, 1.54) is 26.0 Å². The second-order valence-electron chi connectivity index (χ2n) is 9.92. The molecule has 2 rings (SSSR count). The third kappa shape index (κ3) is 21.1. The summed E-state index contributed by atoms with van der Waals surface area (Å²) >= 11 is 0. The van der Waals surface area contributed by atoms with Gasteiger partial charge in [-0.2, -0.15) is 4.99 Å². The average molecular weight is 730 g/mol. The number of carboxylic acids is 1. The van der Waals surface area contributed by atoms with E-state index in [-0.39, 0.29) is 40.1 Å². The first kappa shape index (κ1) is 47.1. The van der Waals surface area contributed by atoms with E-state index in [4.69, 9.17) is 20.0 Å². The van der Waals surface area contributed by atoms with E-state index in [0.717, 1.165) is 6.08 Å². The van der Waals surface area contributed by atoms with Crippen molar-refractivity contribution >= 4 is 47.9 Å². The summed E-state index contributed by atoms with van der Waals surface area (Å²) in [4.78, 5) is 55.1. The molecule has 2 aromatic carbocycles. The van der Waals surface area contributed by atoms with Gasteiger partial charge in [-0.1, -0.05) is 43.8 Å². The summed E-state index contributed by atoms with van der Waals surface area (Å²) in [5.41, 5.74) is 1.19. The topological polar surface area (TPSA) is 156 Å². The zero-order chi connectivity index (χ0) is 34.7. The first-order valence-electron chi connectivity index (χ1n) is 13.5. The summed E-state index contributed by atoms with van der Waals surface area (Å²) in [6.45, 7) is 2.62. The normalized spacial score (nSPS) is 9.49. The number of amides is 1. The molecule has 0 heterocycles. The van der Waals surface area contributed by atoms with Crippen LogP contribution in [0.3, 0.4) is 0 Å². The van der Waals surface area contributed by atoms with Crippen LogP contribution in [0.25, 0.3) is 12.2 Å². The molecule has 0 aliphatic heterocycles. The molecule has 14 heteroatoms. The van der Waals surface area contributed by atoms with Gasteiger partial charge in [-0.15, -0.1) is 0 Å². The number of guanidine groups is 2. The van der Waals surface area contributed by atoms with Gasteiger partial charge in [-0.25, -0.2) is 4.79 Å². The maximum Gasteiger partial charge on any atom is 0.328 e. The van der Waals surface area contributed by atoms with E-state index in [2.05, 4.69) is 4.99 Å². The molecule has 0 aliphatic carbocycles. The first-order valence-corrected chi connectivity index (χ1v) is 13.5. The molecule has 2 N–H and O–H groups in total. The Bertz CT molecular complexity index is 1380. The van der Waals surface area contributed by atoms with Crippen LogP contribution < -0.4 is 9.47 Å². The van der Waals surface area contributed by atoms with Crippen molar-refractivity contribution in [1.82, 2.24) is 19.6 Å². The number of aliphatic imine (C=N–C) groups is 1. The van der Waals surface area contributed by atoms with Crippen LogP contribution in [0.4, 0.5) is 0 Å². The third-order valence-electron chi connectivity index (χ3n) is 5.01. The molecule has 2 aromatic rings. The second kappa shape index (κ2) is 24.8. The predicted octanol–water partition coefficient (Wildman–Crippen LogP) is 4.02. The van der Waals surface area contributed by atoms with Gasteiger partial charge in [-0.05, 0) is 24.3 Å². The van der Waals surface area contributed by atoms with Gasteiger partial charge in [0.15, 0.2) is 5.96 Å². The van der Waals surface area contributed by atoms with Crippen molar-refractivity contribution in [1.29, 1.82) is 5.41 Å². The Morgan fingerprint density at radius 3 is 1.34 bits per heavy atom. The van der Waals surface area contributed by atoms with Gasteiger partial charge >= 0.3 is 17.9 Å². The Labute approximate surface area is 303 Å². The molecule has 13 nitrogen and oxygen atoms in total. The van der Waals surface area contributed by atoms with E-state index >= 15 is 0 Å². The molecule has 0 aliphatic rings. The summed E-state index contributed by atoms with van der Waals surface area (Å²) in [6.07, 6.45) is 5.28. The molecule has 0 saturated heterocycles. The van der Waals surface area contributed by atoms with Crippen LogP contribution in [-0.2, 0) is 51.9 Å². The predicted molar refractivity (Wildman–Crippen MR) is 183 cm³/mol. The molecule has 0 unspecified atom stereocenters. The van der Waals surface area contributed by atoms with Crippen molar-refractivity contribution in [3.05, 3.63) is 71.8 Å². The minimum absolute atomic E-state index is 0. The Morgan fingerprint density at radius 2 is 1.04 bits per heavy atom. The summed E-state index contributed by atoms with van der Waals surface area (Å²) in [7, 11) is 14.6. The summed E-state index contributed by atoms with van der Waals surface area (Å²) in [6, 6.07) is 13.7. The van der Waals surface area contributed by atoms with E-state index in [1.54, 1.807) is 74.2 Å². The first-order chi connectivity index (χ1) is 21.0. The van der Waals surface area contributed by atoms with Crippen molar-refractivity contribution in [2.45, 2.75) is 21.3 Å². The van der Waals surface area contributed by atoms with Crippen LogP contribution in [0.1, 0.15) is 32.4 Å². The number of aliphatic carboxylic acids is 1. The largest absolute Gasteiger partial charge is 0.478 e. The fraction of sp³-hybridized carbons (Fsp3) is 0.333. The number of esters is 2. The minimum atomic E-state index is -1.05. The third-order valence-corrected chi connectivity index (χ3v) is 5.01. The van der Waals surface area contributed by atoms with Crippen molar-refractivity contribution in [3.8, 4) is 11.5 Å². The van der Waals surface area contributed by atoms with Gasteiger partial charge in [0, 0.05) is 126 Å². The van der Waals surface area contributed by atoms with Crippen LogP contribution >= 0.6 is 0 Å². The number of nitrogens with zero attached hydrogens (tertiary/aromatic N) is 5. The Morgan fingerprint density at radius 1 is 0.681 bits per heavy atom. The summed E-state index contributed by atoms with van der Waals surface area (Å²) in [5.74, 6) is -0.472. The number of ether oxygens (including phenoxy) is 2. The zero-order valence-electron chi connectivity index (χ0n) is 28.1. The molecule has 0 atom stereocenters. The molecule has 0 fully saturated rings. The number of hydrogen-bond donors (Lipinski definition) is 2. The Balaban J connectivity index is -0.000000672. The molecule has 1 radical (unpaired) electrons. The van der Waals surface area contributed by atoms with Crippen molar-refractivity contribution < 1.29 is 66.5 Å². The quantitative estimate of drug-likeness (QED) is 0.146. The number of carbonyl (C=O) groups excluding carboxylic acids is 3. The van der Waals surface area contributed by atoms with Crippen molar-refractivity contribution in [2.75, 3.05) is 56.4 Å². The van der Waals surface area contributed by atoms with Crippen molar-refractivity contribution in [2.24, 2.45) is 4.99 Å². The van der Waals surface area contributed by atoms with Gasteiger partial charge in [0.25, 0.3) is 5.91 Å². The second-order valence-corrected chi connectivity index (χ2v) is 9.92. The van der Waals surface area contributed by atoms with E-state index in [0.29, 0.717) is 34.5 Å². The maximum absolute atomic E-state index is 11.9. The number of benzene rings is 2. The maximum atomic E-state index is 11.9. The molecule has 255 valence electrons. The molecule has 0 bridgehead atoms. The van der Waals surface area contributed by atoms with Crippen LogP contribution in [-0.4, -0.2) is 117 Å². The number of rotatable bonds is 6. The molecule has 1 amide bonds. The van der Waals surface area contributed by atoms with Gasteiger partial charge in [0.05, 0.1) is 0 Å². The molecule has 0 spiro atoms. The van der Waals surface area contributed by atoms with Crippen LogP contribution in [0.5, 0.6) is 11.5 Å². The standard InChI is InChI=1S/C16H21N3O3.C11H10O4.C5H13N3.CH4.Y/c1-12(20)22-14-9-7-6-8-13(14)10-11-15(21)17-16(18(2)3)19(4)5;1-8(12)15-10-5-3-2-4-9(10)6-7-11(13)14;1-7(2)5(6)8(3)4;;/h6-11H,1-5H3;2-7H,1H3,(H,13,14);6H,1-4H3;1H4;/b11-10+;7-6+;;;. The van der Waals surface area contributed by atoms with Crippen LogP contribution in [0.2, 0.25) is 0 Å². The Kier molecular flexibility index (Phi) is 24.9. The molecule has 47 heavy (non-hydrogen) atoms. The average Bonchev–Trinajstić information content (AvgIpc) is 2.94. The van der Waals surface area contributed by atoms with E-state index < -0.39 is 23.8 Å². The number of nitrogens with one attached hydrogen (secondary N) is 1. The van der Waals surface area contributed by atoms with Gasteiger partial charge in [0.1, 0.15) is 11.5 Å². The van der Waals surface area contributed by atoms with E-state index in [9.17, 15) is 19.2 Å².